The van der Waals surface area contributed by atoms with Crippen LogP contribution < -0.4 is 16.0 Å². The van der Waals surface area contributed by atoms with Crippen molar-refractivity contribution < 1.29 is 23.1 Å². The molecule has 45 heavy (non-hydrogen) atoms. The smallest absolute Gasteiger partial charge is 0.388 e. The summed E-state index contributed by atoms with van der Waals surface area (Å²) in [5.74, 6) is 0.00529. The number of rotatable bonds is 8. The Kier molecular flexibility index (Phi) is 10.2. The first kappa shape index (κ1) is 33.3. The molecule has 11 heteroatoms. The largest absolute Gasteiger partial charge is 0.433 e. The van der Waals surface area contributed by atoms with Crippen molar-refractivity contribution >= 4 is 11.6 Å². The molecule has 246 valence electrons. The summed E-state index contributed by atoms with van der Waals surface area (Å²) in [7, 11) is 0. The molecule has 0 radical (unpaired) electrons. The number of nitrogens with zero attached hydrogens (tertiary/aromatic N) is 2. The van der Waals surface area contributed by atoms with Crippen molar-refractivity contribution in [3.05, 3.63) is 64.8 Å². The van der Waals surface area contributed by atoms with Crippen LogP contribution in [0.5, 0.6) is 0 Å². The number of alkyl halides is 3. The molecule has 1 saturated carbocycles. The maximum absolute atomic E-state index is 13.1. The highest BCUT2D eigenvalue weighted by molar-refractivity contribution is 6.11. The van der Waals surface area contributed by atoms with Crippen molar-refractivity contribution in [1.82, 2.24) is 25.8 Å². The SMILES string of the molecule is CC(C)(O)C1=CC(=N)/C(=C\NC2CCN(CCC3CCC4(CCNCC4)CC3)CC2)C=C1NC(=O)c1cccc(C(F)(F)F)n1. The number of aromatic nitrogens is 1. The first-order valence-corrected chi connectivity index (χ1v) is 16.3. The number of halogens is 3. The fraction of sp³-hybridized carbons (Fsp3) is 0.618. The van der Waals surface area contributed by atoms with Crippen LogP contribution in [0.3, 0.4) is 0 Å². The maximum atomic E-state index is 13.1. The number of aliphatic hydroxyl groups is 1. The van der Waals surface area contributed by atoms with Crippen molar-refractivity contribution in [3.8, 4) is 0 Å². The number of allylic oxidation sites excluding steroid dienone is 3. The fourth-order valence-corrected chi connectivity index (χ4v) is 7.18. The van der Waals surface area contributed by atoms with Gasteiger partial charge in [-0.25, -0.2) is 4.98 Å². The zero-order valence-corrected chi connectivity index (χ0v) is 26.4. The molecule has 4 aliphatic rings. The summed E-state index contributed by atoms with van der Waals surface area (Å²) in [6.07, 6.45) is 11.6. The first-order valence-electron chi connectivity index (χ1n) is 16.3. The number of pyridine rings is 1. The van der Waals surface area contributed by atoms with Gasteiger partial charge in [0.25, 0.3) is 5.91 Å². The number of amides is 1. The first-order chi connectivity index (χ1) is 21.3. The number of likely N-dealkylation sites (tertiary alicyclic amines) is 1. The Morgan fingerprint density at radius 1 is 1.11 bits per heavy atom. The van der Waals surface area contributed by atoms with Crippen molar-refractivity contribution in [2.75, 3.05) is 32.7 Å². The number of carbonyl (C=O) groups is 1. The Hall–Kier alpha value is -3.02. The lowest BCUT2D eigenvalue weighted by Gasteiger charge is -2.43. The number of hydrogen-bond donors (Lipinski definition) is 5. The van der Waals surface area contributed by atoms with E-state index in [4.69, 9.17) is 5.41 Å². The van der Waals surface area contributed by atoms with Gasteiger partial charge in [-0.05, 0) is 127 Å². The van der Waals surface area contributed by atoms with Crippen LogP contribution in [0.15, 0.2) is 53.4 Å². The van der Waals surface area contributed by atoms with E-state index in [1.807, 2.05) is 0 Å². The molecule has 1 aromatic heterocycles. The molecule has 2 aliphatic heterocycles. The monoisotopic (exact) mass is 628 g/mol. The molecule has 2 saturated heterocycles. The second kappa shape index (κ2) is 13.8. The summed E-state index contributed by atoms with van der Waals surface area (Å²) >= 11 is 0. The van der Waals surface area contributed by atoms with Gasteiger partial charge in [0.2, 0.25) is 0 Å². The van der Waals surface area contributed by atoms with E-state index in [9.17, 15) is 23.1 Å². The summed E-state index contributed by atoms with van der Waals surface area (Å²) in [6.45, 7) is 8.59. The van der Waals surface area contributed by atoms with Crippen molar-refractivity contribution in [2.24, 2.45) is 11.3 Å². The second-order valence-corrected chi connectivity index (χ2v) is 13.8. The molecule has 0 atom stereocenters. The topological polar surface area (TPSA) is 113 Å². The summed E-state index contributed by atoms with van der Waals surface area (Å²) in [6, 6.07) is 3.38. The Morgan fingerprint density at radius 3 is 2.44 bits per heavy atom. The zero-order chi connectivity index (χ0) is 32.2. The number of nitrogens with one attached hydrogen (secondary N) is 4. The molecule has 1 amide bonds. The minimum atomic E-state index is -4.68. The third-order valence-electron chi connectivity index (χ3n) is 10.1. The van der Waals surface area contributed by atoms with Crippen LogP contribution in [0.25, 0.3) is 0 Å². The molecule has 3 heterocycles. The minimum Gasteiger partial charge on any atom is -0.388 e. The van der Waals surface area contributed by atoms with Crippen LogP contribution in [-0.2, 0) is 6.18 Å². The summed E-state index contributed by atoms with van der Waals surface area (Å²) < 4.78 is 39.4. The summed E-state index contributed by atoms with van der Waals surface area (Å²) in [5.41, 5.74) is -1.21. The molecule has 0 aromatic carbocycles. The van der Waals surface area contributed by atoms with E-state index in [0.717, 1.165) is 50.5 Å². The summed E-state index contributed by atoms with van der Waals surface area (Å²) in [5, 5.41) is 28.8. The van der Waals surface area contributed by atoms with E-state index >= 15 is 0 Å². The van der Waals surface area contributed by atoms with E-state index in [0.29, 0.717) is 11.0 Å². The maximum Gasteiger partial charge on any atom is 0.433 e. The van der Waals surface area contributed by atoms with Crippen LogP contribution in [0.4, 0.5) is 13.2 Å². The zero-order valence-electron chi connectivity index (χ0n) is 26.4. The molecule has 0 unspecified atom stereocenters. The Bertz CT molecular complexity index is 1320. The quantitative estimate of drug-likeness (QED) is 0.266. The van der Waals surface area contributed by atoms with E-state index in [1.165, 1.54) is 84.0 Å². The average molecular weight is 629 g/mol. The minimum absolute atomic E-state index is 0.158. The molecule has 8 nitrogen and oxygen atoms in total. The van der Waals surface area contributed by atoms with E-state index < -0.39 is 29.1 Å². The summed E-state index contributed by atoms with van der Waals surface area (Å²) in [4.78, 5) is 19.0. The number of carbonyl (C=O) groups excluding carboxylic acids is 1. The van der Waals surface area contributed by atoms with Gasteiger partial charge in [0.05, 0.1) is 11.3 Å². The lowest BCUT2D eigenvalue weighted by molar-refractivity contribution is -0.141. The van der Waals surface area contributed by atoms with Crippen LogP contribution >= 0.6 is 0 Å². The highest BCUT2D eigenvalue weighted by Crippen LogP contribution is 2.45. The van der Waals surface area contributed by atoms with Gasteiger partial charge < -0.3 is 31.4 Å². The van der Waals surface area contributed by atoms with Crippen LogP contribution in [-0.4, -0.2) is 71.0 Å². The van der Waals surface area contributed by atoms with E-state index in [-0.39, 0.29) is 23.0 Å². The molecule has 5 rings (SSSR count). The third kappa shape index (κ3) is 8.62. The predicted octanol–water partition coefficient (Wildman–Crippen LogP) is 5.33. The molecule has 5 N–H and O–H groups in total. The van der Waals surface area contributed by atoms with Gasteiger partial charge >= 0.3 is 6.18 Å². The average Bonchev–Trinajstić information content (AvgIpc) is 3.01. The van der Waals surface area contributed by atoms with E-state index in [2.05, 4.69) is 25.8 Å². The Labute approximate surface area is 264 Å². The Balaban J connectivity index is 1.14. The lowest BCUT2D eigenvalue weighted by atomic mass is 9.65. The third-order valence-corrected chi connectivity index (χ3v) is 10.1. The van der Waals surface area contributed by atoms with Gasteiger partial charge in [0.15, 0.2) is 0 Å². The van der Waals surface area contributed by atoms with Crippen LogP contribution in [0.2, 0.25) is 0 Å². The van der Waals surface area contributed by atoms with Gasteiger partial charge in [-0.2, -0.15) is 13.2 Å². The highest BCUT2D eigenvalue weighted by Gasteiger charge is 2.36. The normalized spacial score (nSPS) is 23.2. The fourth-order valence-electron chi connectivity index (χ4n) is 7.18. The Morgan fingerprint density at radius 2 is 1.80 bits per heavy atom. The molecule has 2 aliphatic carbocycles. The van der Waals surface area contributed by atoms with Crippen molar-refractivity contribution in [1.29, 1.82) is 5.41 Å². The predicted molar refractivity (Wildman–Crippen MR) is 169 cm³/mol. The van der Waals surface area contributed by atoms with Gasteiger partial charge in [-0.15, -0.1) is 0 Å². The number of hydrogen-bond acceptors (Lipinski definition) is 7. The van der Waals surface area contributed by atoms with Crippen molar-refractivity contribution in [2.45, 2.75) is 89.5 Å². The molecular weight excluding hydrogens is 581 g/mol. The van der Waals surface area contributed by atoms with Gasteiger partial charge in [0.1, 0.15) is 11.4 Å². The number of piperidine rings is 2. The van der Waals surface area contributed by atoms with E-state index in [1.54, 1.807) is 12.3 Å². The second-order valence-electron chi connectivity index (χ2n) is 13.8. The molecule has 0 bridgehead atoms. The van der Waals surface area contributed by atoms with Crippen LogP contribution in [0, 0.1) is 16.7 Å². The van der Waals surface area contributed by atoms with Gasteiger partial charge in [-0.1, -0.05) is 6.07 Å². The van der Waals surface area contributed by atoms with Crippen molar-refractivity contribution in [3.63, 3.8) is 0 Å². The lowest BCUT2D eigenvalue weighted by Crippen LogP contribution is -2.42. The molecule has 1 spiro atoms. The van der Waals surface area contributed by atoms with Crippen LogP contribution in [0.1, 0.15) is 87.8 Å². The molecule has 1 aromatic rings. The standard InChI is InChI=1S/C34H47F3N6O2/c1-32(2,45)26-21-27(38)24(20-29(26)42-31(44)28-4-3-5-30(41-28)34(35,36)37)22-40-25-9-18-43(19-10-25)17-8-23-6-11-33(12-7-23)13-15-39-16-14-33/h3-5,20-23,25,38-40,45H,6-19H2,1-2H3,(H,42,44)/b24-22-,38-27?. The highest BCUT2D eigenvalue weighted by atomic mass is 19.4. The van der Waals surface area contributed by atoms with Gasteiger partial charge in [-0.3, -0.25) is 4.79 Å². The molecule has 3 fully saturated rings. The molecular formula is C34H47F3N6O2. The van der Waals surface area contributed by atoms with Gasteiger partial charge in [0, 0.05) is 42.2 Å².